The van der Waals surface area contributed by atoms with Crippen molar-refractivity contribution in [2.75, 3.05) is 6.54 Å². The second-order valence-electron chi connectivity index (χ2n) is 4.74. The fraction of sp³-hybridized carbons (Fsp3) is 0.250. The van der Waals surface area contributed by atoms with Crippen molar-refractivity contribution in [2.24, 2.45) is 5.73 Å². The average Bonchev–Trinajstić information content (AvgIpc) is 2.52. The highest BCUT2D eigenvalue weighted by molar-refractivity contribution is 5.29. The maximum absolute atomic E-state index is 13.0. The molecule has 0 spiro atoms. The van der Waals surface area contributed by atoms with Crippen LogP contribution in [0.2, 0.25) is 0 Å². The smallest absolute Gasteiger partial charge is 0.123 e. The van der Waals surface area contributed by atoms with Gasteiger partial charge in [-0.25, -0.2) is 4.39 Å². The lowest BCUT2D eigenvalue weighted by molar-refractivity contribution is 0.0243. The van der Waals surface area contributed by atoms with Crippen LogP contribution in [0.15, 0.2) is 48.5 Å². The van der Waals surface area contributed by atoms with Crippen molar-refractivity contribution in [1.29, 1.82) is 0 Å². The third kappa shape index (κ3) is 4.26. The molecule has 5 heteroatoms. The Hall–Kier alpha value is -1.95. The van der Waals surface area contributed by atoms with E-state index < -0.39 is 12.2 Å². The molecule has 4 N–H and O–H groups in total. The number of benzene rings is 2. The van der Waals surface area contributed by atoms with Crippen molar-refractivity contribution in [1.82, 2.24) is 0 Å². The van der Waals surface area contributed by atoms with Crippen LogP contribution in [0, 0.1) is 5.82 Å². The normalized spacial score (nSPS) is 13.7. The molecule has 0 bridgehead atoms. The van der Waals surface area contributed by atoms with Crippen molar-refractivity contribution < 1.29 is 19.3 Å². The first-order chi connectivity index (χ1) is 10.1. The summed E-state index contributed by atoms with van der Waals surface area (Å²) < 4.78 is 18.6. The maximum Gasteiger partial charge on any atom is 0.123 e. The van der Waals surface area contributed by atoms with E-state index in [9.17, 15) is 14.6 Å². The first-order valence-corrected chi connectivity index (χ1v) is 6.63. The van der Waals surface area contributed by atoms with Gasteiger partial charge in [-0.2, -0.15) is 0 Å². The molecule has 0 aliphatic carbocycles. The molecule has 0 saturated heterocycles. The summed E-state index contributed by atoms with van der Waals surface area (Å²) in [6.45, 7) is 0.240. The first-order valence-electron chi connectivity index (χ1n) is 6.63. The highest BCUT2D eigenvalue weighted by Crippen LogP contribution is 2.21. The number of aliphatic hydroxyl groups excluding tert-OH is 2. The number of nitrogens with two attached hydrogens (primary N) is 1. The summed E-state index contributed by atoms with van der Waals surface area (Å²) in [7, 11) is 0. The van der Waals surface area contributed by atoms with Crippen LogP contribution >= 0.6 is 0 Å². The third-order valence-electron chi connectivity index (χ3n) is 3.12. The van der Waals surface area contributed by atoms with Crippen molar-refractivity contribution >= 4 is 0 Å². The lowest BCUT2D eigenvalue weighted by Gasteiger charge is -2.16. The van der Waals surface area contributed by atoms with E-state index in [0.717, 1.165) is 5.56 Å². The van der Waals surface area contributed by atoms with Crippen LogP contribution in [0.1, 0.15) is 17.2 Å². The summed E-state index contributed by atoms with van der Waals surface area (Å²) in [6.07, 6.45) is -2.02. The number of ether oxygens (including phenoxy) is 1. The van der Waals surface area contributed by atoms with Gasteiger partial charge < -0.3 is 20.7 Å². The topological polar surface area (TPSA) is 75.7 Å². The van der Waals surface area contributed by atoms with Crippen LogP contribution in [0.5, 0.6) is 5.75 Å². The highest BCUT2D eigenvalue weighted by Gasteiger charge is 2.16. The summed E-state index contributed by atoms with van der Waals surface area (Å²) in [6, 6.07) is 12.9. The maximum atomic E-state index is 13.0. The summed E-state index contributed by atoms with van der Waals surface area (Å²) in [5, 5.41) is 19.3. The summed E-state index contributed by atoms with van der Waals surface area (Å²) >= 11 is 0. The van der Waals surface area contributed by atoms with Gasteiger partial charge in [0, 0.05) is 6.54 Å². The Balaban J connectivity index is 1.96. The number of hydrogen-bond donors (Lipinski definition) is 3. The lowest BCUT2D eigenvalue weighted by Crippen LogP contribution is -2.27. The zero-order valence-corrected chi connectivity index (χ0v) is 11.4. The SMILES string of the molecule is NCC(O)C(O)c1ccc(OCc2cccc(F)c2)cc1. The molecule has 4 nitrogen and oxygen atoms in total. The van der Waals surface area contributed by atoms with Gasteiger partial charge in [-0.3, -0.25) is 0 Å². The molecule has 0 aliphatic rings. The minimum Gasteiger partial charge on any atom is -0.489 e. The second-order valence-corrected chi connectivity index (χ2v) is 4.74. The van der Waals surface area contributed by atoms with Gasteiger partial charge in [0.05, 0.1) is 6.10 Å². The van der Waals surface area contributed by atoms with Crippen molar-refractivity contribution in [2.45, 2.75) is 18.8 Å². The molecule has 112 valence electrons. The minimum absolute atomic E-state index is 0.0149. The minimum atomic E-state index is -1.02. The van der Waals surface area contributed by atoms with E-state index in [1.54, 1.807) is 36.4 Å². The van der Waals surface area contributed by atoms with E-state index in [1.165, 1.54) is 12.1 Å². The van der Waals surface area contributed by atoms with Crippen LogP contribution in [-0.2, 0) is 6.61 Å². The molecule has 0 aromatic heterocycles. The Kier molecular flexibility index (Phi) is 5.27. The Bertz CT molecular complexity index is 574. The molecule has 0 radical (unpaired) electrons. The Labute approximate surface area is 122 Å². The van der Waals surface area contributed by atoms with Gasteiger partial charge >= 0.3 is 0 Å². The predicted octanol–water partition coefficient (Wildman–Crippen LogP) is 1.76. The van der Waals surface area contributed by atoms with Crippen LogP contribution in [0.4, 0.5) is 4.39 Å². The molecule has 2 atom stereocenters. The van der Waals surface area contributed by atoms with Gasteiger partial charge in [0.25, 0.3) is 0 Å². The zero-order valence-electron chi connectivity index (χ0n) is 11.4. The predicted molar refractivity (Wildman–Crippen MR) is 77.2 cm³/mol. The lowest BCUT2D eigenvalue weighted by atomic mass is 10.0. The molecule has 21 heavy (non-hydrogen) atoms. The van der Waals surface area contributed by atoms with Crippen LogP contribution in [0.3, 0.4) is 0 Å². The summed E-state index contributed by atoms with van der Waals surface area (Å²) in [5.41, 5.74) is 6.59. The Morgan fingerprint density at radius 3 is 2.43 bits per heavy atom. The Morgan fingerprint density at radius 1 is 1.10 bits per heavy atom. The summed E-state index contributed by atoms with van der Waals surface area (Å²) in [5.74, 6) is 0.294. The molecule has 2 rings (SSSR count). The molecule has 0 heterocycles. The highest BCUT2D eigenvalue weighted by atomic mass is 19.1. The standard InChI is InChI=1S/C16H18FNO3/c17-13-3-1-2-11(8-13)10-21-14-6-4-12(5-7-14)16(20)15(19)9-18/h1-8,15-16,19-20H,9-10,18H2. The quantitative estimate of drug-likeness (QED) is 0.758. The zero-order chi connectivity index (χ0) is 15.2. The fourth-order valence-corrected chi connectivity index (χ4v) is 1.91. The van der Waals surface area contributed by atoms with Gasteiger partial charge in [0.1, 0.15) is 24.3 Å². The second kappa shape index (κ2) is 7.17. The van der Waals surface area contributed by atoms with Gasteiger partial charge in [-0.05, 0) is 35.4 Å². The fourth-order valence-electron chi connectivity index (χ4n) is 1.91. The number of rotatable bonds is 6. The van der Waals surface area contributed by atoms with E-state index in [4.69, 9.17) is 10.5 Å². The molecule has 2 aromatic carbocycles. The molecule has 0 saturated carbocycles. The molecular weight excluding hydrogens is 273 g/mol. The number of halogens is 1. The molecule has 0 amide bonds. The molecular formula is C16H18FNO3. The van der Waals surface area contributed by atoms with Crippen molar-refractivity contribution in [3.8, 4) is 5.75 Å². The van der Waals surface area contributed by atoms with Crippen molar-refractivity contribution in [3.05, 3.63) is 65.5 Å². The molecule has 0 fully saturated rings. The Morgan fingerprint density at radius 2 is 1.81 bits per heavy atom. The van der Waals surface area contributed by atoms with Gasteiger partial charge in [-0.15, -0.1) is 0 Å². The average molecular weight is 291 g/mol. The van der Waals surface area contributed by atoms with E-state index in [1.807, 2.05) is 0 Å². The van der Waals surface area contributed by atoms with Crippen LogP contribution in [0.25, 0.3) is 0 Å². The molecule has 2 unspecified atom stereocenters. The van der Waals surface area contributed by atoms with E-state index in [2.05, 4.69) is 0 Å². The third-order valence-corrected chi connectivity index (χ3v) is 3.12. The van der Waals surface area contributed by atoms with Gasteiger partial charge in [-0.1, -0.05) is 24.3 Å². The van der Waals surface area contributed by atoms with Gasteiger partial charge in [0.2, 0.25) is 0 Å². The molecule has 0 aliphatic heterocycles. The van der Waals surface area contributed by atoms with Crippen molar-refractivity contribution in [3.63, 3.8) is 0 Å². The van der Waals surface area contributed by atoms with Gasteiger partial charge in [0.15, 0.2) is 0 Å². The van der Waals surface area contributed by atoms with E-state index in [-0.39, 0.29) is 19.0 Å². The van der Waals surface area contributed by atoms with E-state index >= 15 is 0 Å². The number of hydrogen-bond acceptors (Lipinski definition) is 4. The molecule has 2 aromatic rings. The monoisotopic (exact) mass is 291 g/mol. The van der Waals surface area contributed by atoms with E-state index in [0.29, 0.717) is 11.3 Å². The summed E-state index contributed by atoms with van der Waals surface area (Å²) in [4.78, 5) is 0. The largest absolute Gasteiger partial charge is 0.489 e. The first kappa shape index (κ1) is 15.4. The van der Waals surface area contributed by atoms with Crippen LogP contribution in [-0.4, -0.2) is 22.9 Å². The number of aliphatic hydroxyl groups is 2. The van der Waals surface area contributed by atoms with Crippen LogP contribution < -0.4 is 10.5 Å².